The Bertz CT molecular complexity index is 574. The number of aromatic nitrogens is 2. The Morgan fingerprint density at radius 1 is 1.36 bits per heavy atom. The molecule has 0 N–H and O–H groups in total. The highest BCUT2D eigenvalue weighted by molar-refractivity contribution is 5.77. The quantitative estimate of drug-likeness (QED) is 0.812. The van der Waals surface area contributed by atoms with E-state index in [-0.39, 0.29) is 30.6 Å². The minimum Gasteiger partial charge on any atom is -0.422 e. The predicted molar refractivity (Wildman–Crippen MR) is 91.0 cm³/mol. The van der Waals surface area contributed by atoms with Crippen LogP contribution in [0.3, 0.4) is 0 Å². The summed E-state index contributed by atoms with van der Waals surface area (Å²) in [4.78, 5) is 14.3. The maximum Gasteiger partial charge on any atom is 0.248 e. The fourth-order valence-corrected chi connectivity index (χ4v) is 3.45. The number of nitrogens with zero attached hydrogens (tertiary/aromatic N) is 3. The van der Waals surface area contributed by atoms with Gasteiger partial charge in [-0.05, 0) is 18.8 Å². The zero-order valence-electron chi connectivity index (χ0n) is 15.4. The van der Waals surface area contributed by atoms with Gasteiger partial charge in [0.05, 0.1) is 19.3 Å². The van der Waals surface area contributed by atoms with Crippen LogP contribution in [0.1, 0.15) is 70.3 Å². The molecular weight excluding hydrogens is 322 g/mol. The predicted octanol–water partition coefficient (Wildman–Crippen LogP) is 2.69. The average molecular weight is 351 g/mol. The van der Waals surface area contributed by atoms with Crippen molar-refractivity contribution in [1.82, 2.24) is 15.1 Å². The van der Waals surface area contributed by atoms with Crippen LogP contribution >= 0.6 is 0 Å². The third-order valence-electron chi connectivity index (χ3n) is 4.98. The number of rotatable bonds is 5. The highest BCUT2D eigenvalue weighted by Gasteiger charge is 2.30. The van der Waals surface area contributed by atoms with E-state index in [4.69, 9.17) is 13.9 Å². The molecule has 1 saturated carbocycles. The second-order valence-electron chi connectivity index (χ2n) is 7.54. The Morgan fingerprint density at radius 3 is 2.92 bits per heavy atom. The third-order valence-corrected chi connectivity index (χ3v) is 4.98. The molecule has 3 rings (SSSR count). The number of amides is 1. The van der Waals surface area contributed by atoms with E-state index in [1.165, 1.54) is 12.8 Å². The van der Waals surface area contributed by atoms with E-state index in [1.807, 2.05) is 13.8 Å². The molecule has 1 aromatic rings. The van der Waals surface area contributed by atoms with Gasteiger partial charge in [-0.25, -0.2) is 0 Å². The molecule has 1 amide bonds. The molecule has 1 saturated heterocycles. The van der Waals surface area contributed by atoms with Crippen molar-refractivity contribution in [3.05, 3.63) is 11.8 Å². The molecule has 2 fully saturated rings. The molecule has 7 heteroatoms. The van der Waals surface area contributed by atoms with Gasteiger partial charge >= 0.3 is 0 Å². The summed E-state index contributed by atoms with van der Waals surface area (Å²) in [5, 5.41) is 8.11. The fourth-order valence-electron chi connectivity index (χ4n) is 3.45. The Kier molecular flexibility index (Phi) is 6.06. The molecule has 7 nitrogen and oxygen atoms in total. The van der Waals surface area contributed by atoms with Crippen LogP contribution in [0, 0.1) is 5.92 Å². The van der Waals surface area contributed by atoms with Gasteiger partial charge in [-0.15, -0.1) is 10.2 Å². The Balaban J connectivity index is 1.50. The molecule has 1 aliphatic heterocycles. The number of hydrogen-bond acceptors (Lipinski definition) is 6. The summed E-state index contributed by atoms with van der Waals surface area (Å²) in [5.41, 5.74) is 0. The molecule has 1 aromatic heterocycles. The van der Waals surface area contributed by atoms with Gasteiger partial charge in [0.2, 0.25) is 17.7 Å². The van der Waals surface area contributed by atoms with Gasteiger partial charge in [0, 0.05) is 12.5 Å². The molecule has 2 aliphatic rings. The van der Waals surface area contributed by atoms with Crippen LogP contribution in [0.5, 0.6) is 0 Å². The van der Waals surface area contributed by atoms with Gasteiger partial charge in [-0.3, -0.25) is 4.79 Å². The lowest BCUT2D eigenvalue weighted by Gasteiger charge is -2.32. The van der Waals surface area contributed by atoms with Crippen LogP contribution in [-0.4, -0.2) is 53.4 Å². The molecule has 25 heavy (non-hydrogen) atoms. The van der Waals surface area contributed by atoms with Gasteiger partial charge in [0.1, 0.15) is 6.61 Å². The summed E-state index contributed by atoms with van der Waals surface area (Å²) in [5.74, 6) is 1.92. The van der Waals surface area contributed by atoms with E-state index >= 15 is 0 Å². The largest absolute Gasteiger partial charge is 0.422 e. The zero-order valence-corrected chi connectivity index (χ0v) is 15.4. The lowest BCUT2D eigenvalue weighted by Crippen LogP contribution is -2.44. The van der Waals surface area contributed by atoms with Crippen molar-refractivity contribution < 1.29 is 18.7 Å². The van der Waals surface area contributed by atoms with Crippen molar-refractivity contribution in [1.29, 1.82) is 0 Å². The third kappa shape index (κ3) is 4.79. The standard InChI is InChI=1S/C18H29N3O4/c1-12(2)17-19-20-18(25-17)15-10-21(7-8-23-15)16(22)11-24-14-6-4-5-13(3)9-14/h12-15H,4-11H2,1-3H3. The van der Waals surface area contributed by atoms with E-state index in [9.17, 15) is 4.79 Å². The van der Waals surface area contributed by atoms with Crippen LogP contribution in [0.25, 0.3) is 0 Å². The lowest BCUT2D eigenvalue weighted by molar-refractivity contribution is -0.147. The molecule has 140 valence electrons. The van der Waals surface area contributed by atoms with Crippen molar-refractivity contribution in [3.8, 4) is 0 Å². The first-order valence-corrected chi connectivity index (χ1v) is 9.37. The molecule has 1 aliphatic carbocycles. The summed E-state index contributed by atoms with van der Waals surface area (Å²) >= 11 is 0. The molecule has 0 aromatic carbocycles. The van der Waals surface area contributed by atoms with Gasteiger partial charge < -0.3 is 18.8 Å². The minimum atomic E-state index is -0.354. The van der Waals surface area contributed by atoms with Gasteiger partial charge in [0.15, 0.2) is 6.10 Å². The zero-order chi connectivity index (χ0) is 17.8. The van der Waals surface area contributed by atoms with Gasteiger partial charge in [-0.2, -0.15) is 0 Å². The van der Waals surface area contributed by atoms with E-state index < -0.39 is 0 Å². The van der Waals surface area contributed by atoms with Gasteiger partial charge in [-0.1, -0.05) is 33.6 Å². The minimum absolute atomic E-state index is 0.00937. The first-order chi connectivity index (χ1) is 12.0. The van der Waals surface area contributed by atoms with Crippen LogP contribution in [0.2, 0.25) is 0 Å². The lowest BCUT2D eigenvalue weighted by atomic mass is 9.89. The second-order valence-corrected chi connectivity index (χ2v) is 7.54. The number of hydrogen-bond donors (Lipinski definition) is 0. The molecule has 3 atom stereocenters. The maximum atomic E-state index is 12.5. The summed E-state index contributed by atoms with van der Waals surface area (Å²) in [6.07, 6.45) is 4.43. The highest BCUT2D eigenvalue weighted by Crippen LogP contribution is 2.26. The van der Waals surface area contributed by atoms with Crippen LogP contribution in [0.4, 0.5) is 0 Å². The summed E-state index contributed by atoms with van der Waals surface area (Å²) < 4.78 is 17.2. The average Bonchev–Trinajstić information content (AvgIpc) is 3.10. The van der Waals surface area contributed by atoms with Crippen molar-refractivity contribution in [2.24, 2.45) is 5.92 Å². The molecule has 0 spiro atoms. The van der Waals surface area contributed by atoms with E-state index in [0.717, 1.165) is 12.8 Å². The summed E-state index contributed by atoms with van der Waals surface area (Å²) in [6, 6.07) is 0. The van der Waals surface area contributed by atoms with E-state index in [2.05, 4.69) is 17.1 Å². The molecular formula is C18H29N3O4. The van der Waals surface area contributed by atoms with Crippen LogP contribution in [0.15, 0.2) is 4.42 Å². The van der Waals surface area contributed by atoms with E-state index in [0.29, 0.717) is 37.4 Å². The molecule has 0 bridgehead atoms. The first-order valence-electron chi connectivity index (χ1n) is 9.37. The molecule has 0 radical (unpaired) electrons. The van der Waals surface area contributed by atoms with Crippen molar-refractivity contribution >= 4 is 5.91 Å². The SMILES string of the molecule is CC1CCCC(OCC(=O)N2CCOC(c3nnc(C(C)C)o3)C2)C1. The molecule has 2 heterocycles. The van der Waals surface area contributed by atoms with Crippen molar-refractivity contribution in [3.63, 3.8) is 0 Å². The Morgan fingerprint density at radius 2 is 2.20 bits per heavy atom. The Hall–Kier alpha value is -1.47. The van der Waals surface area contributed by atoms with Gasteiger partial charge in [0.25, 0.3) is 0 Å². The summed E-state index contributed by atoms with van der Waals surface area (Å²) in [6.45, 7) is 7.87. The first kappa shape index (κ1) is 18.3. The van der Waals surface area contributed by atoms with Crippen LogP contribution < -0.4 is 0 Å². The van der Waals surface area contributed by atoms with Crippen molar-refractivity contribution in [2.75, 3.05) is 26.3 Å². The number of carbonyl (C=O) groups is 1. The topological polar surface area (TPSA) is 77.7 Å². The van der Waals surface area contributed by atoms with E-state index in [1.54, 1.807) is 4.90 Å². The normalized spacial score (nSPS) is 27.7. The number of ether oxygens (including phenoxy) is 2. The number of carbonyl (C=O) groups excluding carboxylic acids is 1. The Labute approximate surface area is 149 Å². The maximum absolute atomic E-state index is 12.5. The fraction of sp³-hybridized carbons (Fsp3) is 0.833. The summed E-state index contributed by atoms with van der Waals surface area (Å²) in [7, 11) is 0. The smallest absolute Gasteiger partial charge is 0.248 e. The number of morpholine rings is 1. The second kappa shape index (κ2) is 8.27. The monoisotopic (exact) mass is 351 g/mol. The molecule has 3 unspecified atom stereocenters. The highest BCUT2D eigenvalue weighted by atomic mass is 16.5. The van der Waals surface area contributed by atoms with Crippen molar-refractivity contribution in [2.45, 2.75) is 64.6 Å². The van der Waals surface area contributed by atoms with Crippen LogP contribution in [-0.2, 0) is 14.3 Å².